The summed E-state index contributed by atoms with van der Waals surface area (Å²) in [6.45, 7) is 5.01. The number of para-hydroxylation sites is 2. The molecular formula is C19H24N2O2. The lowest BCUT2D eigenvalue weighted by Crippen LogP contribution is -2.39. The summed E-state index contributed by atoms with van der Waals surface area (Å²) >= 11 is 0. The second kappa shape index (κ2) is 6.57. The van der Waals surface area contributed by atoms with Crippen LogP contribution >= 0.6 is 0 Å². The van der Waals surface area contributed by atoms with Crippen molar-refractivity contribution in [3.05, 3.63) is 36.4 Å². The molecule has 2 atom stereocenters. The molecule has 0 saturated heterocycles. The number of hydrogen-bond donors (Lipinski definition) is 0. The third-order valence-corrected chi connectivity index (χ3v) is 4.72. The third-order valence-electron chi connectivity index (χ3n) is 4.72. The standard InChI is InChI=1S/C19H24N2O2/c1-14-12-20(15(2)22)17-10-6-7-11-18(17)21(13-14)19(23)16-8-4-3-5-9-16/h3-4,6-7,10-11,14,16H,5,8-9,12-13H2,1-2H3/t14-,16+/m1/s1. The minimum Gasteiger partial charge on any atom is -0.310 e. The van der Waals surface area contributed by atoms with Gasteiger partial charge in [0.2, 0.25) is 11.8 Å². The highest BCUT2D eigenvalue weighted by atomic mass is 16.2. The lowest BCUT2D eigenvalue weighted by atomic mass is 9.92. The first kappa shape index (κ1) is 15.8. The highest BCUT2D eigenvalue weighted by Gasteiger charge is 2.32. The summed E-state index contributed by atoms with van der Waals surface area (Å²) in [6, 6.07) is 7.76. The van der Waals surface area contributed by atoms with Crippen molar-refractivity contribution < 1.29 is 9.59 Å². The van der Waals surface area contributed by atoms with Gasteiger partial charge in [0, 0.05) is 25.9 Å². The van der Waals surface area contributed by atoms with Gasteiger partial charge in [-0.2, -0.15) is 0 Å². The largest absolute Gasteiger partial charge is 0.310 e. The maximum Gasteiger partial charge on any atom is 0.230 e. The van der Waals surface area contributed by atoms with Crippen molar-refractivity contribution in [1.82, 2.24) is 0 Å². The van der Waals surface area contributed by atoms with Crippen molar-refractivity contribution in [3.63, 3.8) is 0 Å². The van der Waals surface area contributed by atoms with Crippen LogP contribution in [0.3, 0.4) is 0 Å². The van der Waals surface area contributed by atoms with E-state index >= 15 is 0 Å². The van der Waals surface area contributed by atoms with Crippen LogP contribution in [-0.2, 0) is 9.59 Å². The maximum atomic E-state index is 13.1. The molecule has 122 valence electrons. The van der Waals surface area contributed by atoms with Crippen LogP contribution in [0.5, 0.6) is 0 Å². The molecule has 2 amide bonds. The average Bonchev–Trinajstić information content (AvgIpc) is 2.72. The molecule has 1 aliphatic carbocycles. The van der Waals surface area contributed by atoms with Crippen molar-refractivity contribution in [1.29, 1.82) is 0 Å². The minimum atomic E-state index is 0.0270. The number of allylic oxidation sites excluding steroid dienone is 2. The molecule has 0 fully saturated rings. The minimum absolute atomic E-state index is 0.0270. The summed E-state index contributed by atoms with van der Waals surface area (Å²) in [7, 11) is 0. The molecule has 0 saturated carbocycles. The Balaban J connectivity index is 1.98. The quantitative estimate of drug-likeness (QED) is 0.746. The molecule has 0 spiro atoms. The van der Waals surface area contributed by atoms with E-state index in [-0.39, 0.29) is 23.7 Å². The number of anilines is 2. The Hall–Kier alpha value is -2.10. The van der Waals surface area contributed by atoms with E-state index in [2.05, 4.69) is 19.1 Å². The van der Waals surface area contributed by atoms with E-state index in [4.69, 9.17) is 0 Å². The molecule has 0 N–H and O–H groups in total. The first-order valence-electron chi connectivity index (χ1n) is 8.41. The zero-order chi connectivity index (χ0) is 16.4. The van der Waals surface area contributed by atoms with Crippen molar-refractivity contribution in [2.75, 3.05) is 22.9 Å². The van der Waals surface area contributed by atoms with E-state index in [1.54, 1.807) is 11.8 Å². The van der Waals surface area contributed by atoms with Gasteiger partial charge in [0.25, 0.3) is 0 Å². The second-order valence-electron chi connectivity index (χ2n) is 6.65. The Morgan fingerprint density at radius 2 is 1.70 bits per heavy atom. The molecule has 4 nitrogen and oxygen atoms in total. The molecule has 2 aliphatic rings. The molecule has 0 aromatic heterocycles. The summed E-state index contributed by atoms with van der Waals surface area (Å²) in [4.78, 5) is 28.8. The highest BCUT2D eigenvalue weighted by Crippen LogP contribution is 2.35. The monoisotopic (exact) mass is 312 g/mol. The van der Waals surface area contributed by atoms with E-state index < -0.39 is 0 Å². The van der Waals surface area contributed by atoms with Gasteiger partial charge in [0.05, 0.1) is 11.4 Å². The average molecular weight is 312 g/mol. The van der Waals surface area contributed by atoms with Gasteiger partial charge in [-0.3, -0.25) is 9.59 Å². The number of fused-ring (bicyclic) bond motifs is 1. The van der Waals surface area contributed by atoms with Crippen LogP contribution in [0.25, 0.3) is 0 Å². The first-order chi connectivity index (χ1) is 11.1. The molecule has 4 heteroatoms. The van der Waals surface area contributed by atoms with Gasteiger partial charge in [0.15, 0.2) is 0 Å². The van der Waals surface area contributed by atoms with Gasteiger partial charge in [-0.15, -0.1) is 0 Å². The molecule has 0 bridgehead atoms. The summed E-state index contributed by atoms with van der Waals surface area (Å²) in [5.74, 6) is 0.525. The van der Waals surface area contributed by atoms with Gasteiger partial charge in [-0.25, -0.2) is 0 Å². The first-order valence-corrected chi connectivity index (χ1v) is 8.41. The zero-order valence-corrected chi connectivity index (χ0v) is 13.9. The van der Waals surface area contributed by atoms with Crippen molar-refractivity contribution in [3.8, 4) is 0 Å². The van der Waals surface area contributed by atoms with Crippen LogP contribution in [0.2, 0.25) is 0 Å². The Kier molecular flexibility index (Phi) is 4.51. The van der Waals surface area contributed by atoms with Gasteiger partial charge in [0.1, 0.15) is 0 Å². The zero-order valence-electron chi connectivity index (χ0n) is 13.9. The number of carbonyl (C=O) groups is 2. The molecule has 1 aliphatic heterocycles. The lowest BCUT2D eigenvalue weighted by molar-refractivity contribution is -0.122. The van der Waals surface area contributed by atoms with E-state index in [1.807, 2.05) is 29.2 Å². The Labute approximate surface area is 137 Å². The van der Waals surface area contributed by atoms with Crippen LogP contribution in [0.4, 0.5) is 11.4 Å². The van der Waals surface area contributed by atoms with E-state index in [0.29, 0.717) is 13.1 Å². The van der Waals surface area contributed by atoms with Crippen LogP contribution in [0.15, 0.2) is 36.4 Å². The van der Waals surface area contributed by atoms with Crippen LogP contribution in [-0.4, -0.2) is 24.9 Å². The molecule has 0 radical (unpaired) electrons. The molecule has 3 rings (SSSR count). The fourth-order valence-corrected chi connectivity index (χ4v) is 3.54. The summed E-state index contributed by atoms with van der Waals surface area (Å²) in [5, 5.41) is 0. The highest BCUT2D eigenvalue weighted by molar-refractivity contribution is 6.03. The summed E-state index contributed by atoms with van der Waals surface area (Å²) < 4.78 is 0. The van der Waals surface area contributed by atoms with Crippen molar-refractivity contribution in [2.24, 2.45) is 11.8 Å². The third kappa shape index (κ3) is 3.16. The van der Waals surface area contributed by atoms with Gasteiger partial charge < -0.3 is 9.80 Å². The number of benzene rings is 1. The molecule has 0 unspecified atom stereocenters. The van der Waals surface area contributed by atoms with E-state index in [0.717, 1.165) is 30.6 Å². The summed E-state index contributed by atoms with van der Waals surface area (Å²) in [6.07, 6.45) is 6.98. The van der Waals surface area contributed by atoms with Crippen molar-refractivity contribution >= 4 is 23.2 Å². The van der Waals surface area contributed by atoms with Crippen LogP contribution < -0.4 is 9.80 Å². The van der Waals surface area contributed by atoms with Gasteiger partial charge in [-0.05, 0) is 37.3 Å². The van der Waals surface area contributed by atoms with Crippen molar-refractivity contribution in [2.45, 2.75) is 33.1 Å². The topological polar surface area (TPSA) is 40.6 Å². The second-order valence-corrected chi connectivity index (χ2v) is 6.65. The molecule has 1 aromatic carbocycles. The predicted molar refractivity (Wildman–Crippen MR) is 92.5 cm³/mol. The van der Waals surface area contributed by atoms with Crippen LogP contribution in [0.1, 0.15) is 33.1 Å². The Morgan fingerprint density at radius 3 is 2.30 bits per heavy atom. The smallest absolute Gasteiger partial charge is 0.230 e. The molecule has 1 aromatic rings. The van der Waals surface area contributed by atoms with Crippen LogP contribution in [0, 0.1) is 11.8 Å². The number of hydrogen-bond acceptors (Lipinski definition) is 2. The number of carbonyl (C=O) groups excluding carboxylic acids is 2. The molecule has 1 heterocycles. The fraction of sp³-hybridized carbons (Fsp3) is 0.474. The van der Waals surface area contributed by atoms with Gasteiger partial charge in [-0.1, -0.05) is 31.2 Å². The summed E-state index contributed by atoms with van der Waals surface area (Å²) in [5.41, 5.74) is 1.72. The lowest BCUT2D eigenvalue weighted by Gasteiger charge is -2.29. The van der Waals surface area contributed by atoms with E-state index in [9.17, 15) is 9.59 Å². The maximum absolute atomic E-state index is 13.1. The normalized spacial score (nSPS) is 24.1. The Morgan fingerprint density at radius 1 is 1.04 bits per heavy atom. The number of nitrogens with zero attached hydrogens (tertiary/aromatic N) is 2. The number of rotatable bonds is 1. The van der Waals surface area contributed by atoms with E-state index in [1.165, 1.54) is 0 Å². The fourth-order valence-electron chi connectivity index (χ4n) is 3.54. The number of amides is 2. The SMILES string of the molecule is CC(=O)N1C[C@@H](C)CN(C(=O)[C@H]2CC=CCC2)c2ccccc21. The Bertz CT molecular complexity index is 638. The predicted octanol–water partition coefficient (Wildman–Crippen LogP) is 3.38. The molecular weight excluding hydrogens is 288 g/mol. The molecule has 23 heavy (non-hydrogen) atoms. The van der Waals surface area contributed by atoms with Gasteiger partial charge >= 0.3 is 0 Å².